The highest BCUT2D eigenvalue weighted by molar-refractivity contribution is 5.67. The van der Waals surface area contributed by atoms with Crippen LogP contribution in [0.5, 0.6) is 0 Å². The molecule has 0 saturated heterocycles. The Bertz CT molecular complexity index is 162. The van der Waals surface area contributed by atoms with E-state index in [-0.39, 0.29) is 11.6 Å². The minimum Gasteiger partial charge on any atom is -0.453 e. The molecule has 1 aliphatic carbocycles. The molecule has 0 heterocycles. The number of ether oxygens (including phenoxy) is 1. The fourth-order valence-corrected chi connectivity index (χ4v) is 1.75. The van der Waals surface area contributed by atoms with Crippen molar-refractivity contribution in [1.82, 2.24) is 5.32 Å². The molecule has 1 amide bonds. The van der Waals surface area contributed by atoms with Crippen molar-refractivity contribution in [2.24, 2.45) is 0 Å². The minimum atomic E-state index is -0.306. The van der Waals surface area contributed by atoms with Gasteiger partial charge in [0.15, 0.2) is 0 Å². The number of carbonyl (C=O) groups is 1. The van der Waals surface area contributed by atoms with Gasteiger partial charge in [-0.1, -0.05) is 19.3 Å². The lowest BCUT2D eigenvalue weighted by atomic mass is 9.83. The molecule has 0 aromatic heterocycles. The maximum Gasteiger partial charge on any atom is 0.407 e. The summed E-state index contributed by atoms with van der Waals surface area (Å²) in [6.07, 6.45) is 5.54. The van der Waals surface area contributed by atoms with Gasteiger partial charge in [0.2, 0.25) is 0 Å². The zero-order valence-electron chi connectivity index (χ0n) is 7.85. The van der Waals surface area contributed by atoms with E-state index in [9.17, 15) is 4.79 Å². The van der Waals surface area contributed by atoms with Gasteiger partial charge < -0.3 is 10.1 Å². The second-order valence-corrected chi connectivity index (χ2v) is 3.74. The molecule has 0 unspecified atom stereocenters. The molecular weight excluding hydrogens is 154 g/mol. The molecule has 0 spiro atoms. The van der Waals surface area contributed by atoms with Crippen LogP contribution in [0, 0.1) is 0 Å². The first-order valence-electron chi connectivity index (χ1n) is 4.52. The molecule has 70 valence electrons. The average molecular weight is 171 g/mol. The molecule has 0 bridgehead atoms. The summed E-state index contributed by atoms with van der Waals surface area (Å²) in [5, 5.41) is 2.88. The van der Waals surface area contributed by atoms with Gasteiger partial charge >= 0.3 is 6.09 Å². The number of rotatable bonds is 1. The Hall–Kier alpha value is -0.730. The van der Waals surface area contributed by atoms with Crippen molar-refractivity contribution < 1.29 is 9.53 Å². The van der Waals surface area contributed by atoms with Gasteiger partial charge in [0.1, 0.15) is 0 Å². The maximum absolute atomic E-state index is 11.0. The lowest BCUT2D eigenvalue weighted by molar-refractivity contribution is 0.148. The number of nitrogens with one attached hydrogen (secondary N) is 1. The SMILES string of the molecule is COC(=O)NC1(C)CCCCC1. The number of hydrogen-bond acceptors (Lipinski definition) is 2. The van der Waals surface area contributed by atoms with E-state index in [4.69, 9.17) is 0 Å². The lowest BCUT2D eigenvalue weighted by Crippen LogP contribution is -2.47. The monoisotopic (exact) mass is 171 g/mol. The van der Waals surface area contributed by atoms with Crippen molar-refractivity contribution in [3.05, 3.63) is 0 Å². The standard InChI is InChI=1S/C9H17NO2/c1-9(10-8(11)12-2)6-4-3-5-7-9/h3-7H2,1-2H3,(H,10,11). The second kappa shape index (κ2) is 3.78. The molecule has 1 saturated carbocycles. The van der Waals surface area contributed by atoms with E-state index in [1.807, 2.05) is 0 Å². The molecule has 3 heteroatoms. The summed E-state index contributed by atoms with van der Waals surface area (Å²) >= 11 is 0. The van der Waals surface area contributed by atoms with Crippen LogP contribution in [0.4, 0.5) is 4.79 Å². The predicted molar refractivity (Wildman–Crippen MR) is 47.0 cm³/mol. The topological polar surface area (TPSA) is 38.3 Å². The first-order chi connectivity index (χ1) is 5.66. The summed E-state index contributed by atoms with van der Waals surface area (Å²) in [4.78, 5) is 11.0. The molecule has 0 aromatic rings. The van der Waals surface area contributed by atoms with E-state index in [2.05, 4.69) is 17.0 Å². The van der Waals surface area contributed by atoms with E-state index in [0.29, 0.717) is 0 Å². The van der Waals surface area contributed by atoms with E-state index >= 15 is 0 Å². The average Bonchev–Trinajstić information content (AvgIpc) is 2.05. The van der Waals surface area contributed by atoms with Crippen molar-refractivity contribution in [1.29, 1.82) is 0 Å². The highest BCUT2D eigenvalue weighted by Crippen LogP contribution is 2.27. The predicted octanol–water partition coefficient (Wildman–Crippen LogP) is 2.07. The van der Waals surface area contributed by atoms with Crippen LogP contribution < -0.4 is 5.32 Å². The van der Waals surface area contributed by atoms with Crippen LogP contribution in [-0.2, 0) is 4.74 Å². The Morgan fingerprint density at radius 1 is 1.33 bits per heavy atom. The third-order valence-electron chi connectivity index (χ3n) is 2.55. The number of methoxy groups -OCH3 is 1. The summed E-state index contributed by atoms with van der Waals surface area (Å²) in [5.74, 6) is 0. The Balaban J connectivity index is 2.41. The van der Waals surface area contributed by atoms with Crippen molar-refractivity contribution in [3.63, 3.8) is 0 Å². The summed E-state index contributed by atoms with van der Waals surface area (Å²) in [7, 11) is 1.40. The molecule has 0 aromatic carbocycles. The van der Waals surface area contributed by atoms with Gasteiger partial charge in [0, 0.05) is 5.54 Å². The molecule has 1 rings (SSSR count). The lowest BCUT2D eigenvalue weighted by Gasteiger charge is -2.33. The number of hydrogen-bond donors (Lipinski definition) is 1. The van der Waals surface area contributed by atoms with Gasteiger partial charge in [-0.2, -0.15) is 0 Å². The van der Waals surface area contributed by atoms with Crippen molar-refractivity contribution >= 4 is 6.09 Å². The highest BCUT2D eigenvalue weighted by atomic mass is 16.5. The summed E-state index contributed by atoms with van der Waals surface area (Å²) in [6, 6.07) is 0. The molecule has 0 radical (unpaired) electrons. The number of amides is 1. The fraction of sp³-hybridized carbons (Fsp3) is 0.889. The smallest absolute Gasteiger partial charge is 0.407 e. The van der Waals surface area contributed by atoms with Crippen LogP contribution in [0.3, 0.4) is 0 Å². The first kappa shape index (κ1) is 9.36. The van der Waals surface area contributed by atoms with Gasteiger partial charge in [-0.25, -0.2) is 4.79 Å². The van der Waals surface area contributed by atoms with Crippen LogP contribution in [0.15, 0.2) is 0 Å². The van der Waals surface area contributed by atoms with Crippen LogP contribution in [0.1, 0.15) is 39.0 Å². The van der Waals surface area contributed by atoms with Gasteiger partial charge in [0.25, 0.3) is 0 Å². The first-order valence-corrected chi connectivity index (χ1v) is 4.52. The zero-order chi connectivity index (χ0) is 9.03. The molecular formula is C9H17NO2. The fourth-order valence-electron chi connectivity index (χ4n) is 1.75. The van der Waals surface area contributed by atoms with Gasteiger partial charge in [-0.05, 0) is 19.8 Å². The minimum absolute atomic E-state index is 0.0225. The van der Waals surface area contributed by atoms with E-state index in [0.717, 1.165) is 12.8 Å². The van der Waals surface area contributed by atoms with E-state index < -0.39 is 0 Å². The second-order valence-electron chi connectivity index (χ2n) is 3.74. The number of carbonyl (C=O) groups excluding carboxylic acids is 1. The normalized spacial score (nSPS) is 21.5. The highest BCUT2D eigenvalue weighted by Gasteiger charge is 2.28. The van der Waals surface area contributed by atoms with E-state index in [1.54, 1.807) is 0 Å². The largest absolute Gasteiger partial charge is 0.453 e. The number of alkyl carbamates (subject to hydrolysis) is 1. The van der Waals surface area contributed by atoms with Crippen LogP contribution >= 0.6 is 0 Å². The summed E-state index contributed by atoms with van der Waals surface area (Å²) in [6.45, 7) is 2.09. The van der Waals surface area contributed by atoms with Crippen LogP contribution in [0.25, 0.3) is 0 Å². The summed E-state index contributed by atoms with van der Waals surface area (Å²) in [5.41, 5.74) is -0.0225. The summed E-state index contributed by atoms with van der Waals surface area (Å²) < 4.78 is 4.57. The van der Waals surface area contributed by atoms with Gasteiger partial charge in [-0.3, -0.25) is 0 Å². The molecule has 1 aliphatic rings. The maximum atomic E-state index is 11.0. The Morgan fingerprint density at radius 3 is 2.42 bits per heavy atom. The Labute approximate surface area is 73.5 Å². The Kier molecular flexibility index (Phi) is 2.95. The molecule has 0 aliphatic heterocycles. The molecule has 12 heavy (non-hydrogen) atoms. The van der Waals surface area contributed by atoms with Crippen LogP contribution in [0.2, 0.25) is 0 Å². The van der Waals surface area contributed by atoms with Crippen molar-refractivity contribution in [3.8, 4) is 0 Å². The zero-order valence-corrected chi connectivity index (χ0v) is 7.85. The molecule has 0 atom stereocenters. The molecule has 1 fully saturated rings. The third-order valence-corrected chi connectivity index (χ3v) is 2.55. The van der Waals surface area contributed by atoms with E-state index in [1.165, 1.54) is 26.4 Å². The Morgan fingerprint density at radius 2 is 1.92 bits per heavy atom. The van der Waals surface area contributed by atoms with Crippen LogP contribution in [-0.4, -0.2) is 18.7 Å². The molecule has 1 N–H and O–H groups in total. The third kappa shape index (κ3) is 2.40. The van der Waals surface area contributed by atoms with Crippen molar-refractivity contribution in [2.75, 3.05) is 7.11 Å². The van der Waals surface area contributed by atoms with Crippen molar-refractivity contribution in [2.45, 2.75) is 44.6 Å². The molecule has 3 nitrogen and oxygen atoms in total. The quantitative estimate of drug-likeness (QED) is 0.655. The van der Waals surface area contributed by atoms with Gasteiger partial charge in [0.05, 0.1) is 7.11 Å². The van der Waals surface area contributed by atoms with Gasteiger partial charge in [-0.15, -0.1) is 0 Å².